The number of hydrogen-bond donors (Lipinski definition) is 0. The fourth-order valence-corrected chi connectivity index (χ4v) is 2.06. The van der Waals surface area contributed by atoms with E-state index < -0.39 is 0 Å². The minimum absolute atomic E-state index is 0.0417. The number of cyclic esters (lactones) is 1. The molecular weight excluding hydrogens is 128 g/mol. The summed E-state index contributed by atoms with van der Waals surface area (Å²) < 4.78 is 4.94. The van der Waals surface area contributed by atoms with Crippen LogP contribution >= 0.6 is 0 Å². The Balaban J connectivity index is 2.25. The third kappa shape index (κ3) is 0.482. The highest BCUT2D eigenvalue weighted by molar-refractivity contribution is 5.83. The fourth-order valence-electron chi connectivity index (χ4n) is 2.06. The molecule has 0 spiro atoms. The Labute approximate surface area is 60.6 Å². The predicted octanol–water partition coefficient (Wildman–Crippen LogP) is 1.21. The molecule has 2 unspecified atom stereocenters. The predicted molar refractivity (Wildman–Crippen MR) is 36.3 cm³/mol. The molecule has 2 nitrogen and oxygen atoms in total. The Hall–Kier alpha value is -0.530. The molecule has 2 heteroatoms. The van der Waals surface area contributed by atoms with Gasteiger partial charge in [-0.1, -0.05) is 13.8 Å². The molecule has 2 atom stereocenters. The molecule has 0 bridgehead atoms. The topological polar surface area (TPSA) is 26.3 Å². The van der Waals surface area contributed by atoms with Gasteiger partial charge in [-0.25, -0.2) is 0 Å². The monoisotopic (exact) mass is 140 g/mol. The highest BCUT2D eigenvalue weighted by atomic mass is 16.5. The number of esters is 1. The molecule has 1 saturated heterocycles. The first kappa shape index (κ1) is 6.20. The van der Waals surface area contributed by atoms with Gasteiger partial charge in [0.25, 0.3) is 0 Å². The Morgan fingerprint density at radius 2 is 2.40 bits per heavy atom. The standard InChI is InChI=1S/C8H12O2/c1-5(2)8-3-6(8)4-10-7(8)9/h5-6H,3-4H2,1-2H3. The number of carbonyl (C=O) groups excluding carboxylic acids is 1. The lowest BCUT2D eigenvalue weighted by Crippen LogP contribution is -2.19. The van der Waals surface area contributed by atoms with Crippen molar-refractivity contribution in [3.05, 3.63) is 0 Å². The van der Waals surface area contributed by atoms with E-state index in [1.807, 2.05) is 0 Å². The summed E-state index contributed by atoms with van der Waals surface area (Å²) in [5.74, 6) is 1.07. The lowest BCUT2D eigenvalue weighted by Gasteiger charge is -2.12. The van der Waals surface area contributed by atoms with Crippen LogP contribution < -0.4 is 0 Å². The van der Waals surface area contributed by atoms with Crippen LogP contribution in [0.3, 0.4) is 0 Å². The van der Waals surface area contributed by atoms with Crippen LogP contribution in [0.1, 0.15) is 20.3 Å². The summed E-state index contributed by atoms with van der Waals surface area (Å²) in [7, 11) is 0. The van der Waals surface area contributed by atoms with E-state index in [2.05, 4.69) is 13.8 Å². The van der Waals surface area contributed by atoms with Crippen molar-refractivity contribution in [2.75, 3.05) is 6.61 Å². The second kappa shape index (κ2) is 1.55. The molecule has 0 aromatic rings. The van der Waals surface area contributed by atoms with Crippen molar-refractivity contribution in [3.8, 4) is 0 Å². The molecule has 0 aromatic heterocycles. The maximum absolute atomic E-state index is 11.2. The summed E-state index contributed by atoms with van der Waals surface area (Å²) in [6.07, 6.45) is 1.07. The first-order valence-corrected chi connectivity index (χ1v) is 3.85. The molecule has 10 heavy (non-hydrogen) atoms. The quantitative estimate of drug-likeness (QED) is 0.512. The lowest BCUT2D eigenvalue weighted by atomic mass is 9.91. The Kier molecular flexibility index (Phi) is 0.960. The van der Waals surface area contributed by atoms with E-state index in [9.17, 15) is 4.79 Å². The first-order chi connectivity index (χ1) is 4.68. The van der Waals surface area contributed by atoms with Gasteiger partial charge in [-0.2, -0.15) is 0 Å². The van der Waals surface area contributed by atoms with Gasteiger partial charge in [0.05, 0.1) is 12.0 Å². The summed E-state index contributed by atoms with van der Waals surface area (Å²) in [4.78, 5) is 11.2. The van der Waals surface area contributed by atoms with Gasteiger partial charge in [-0.3, -0.25) is 4.79 Å². The second-order valence-corrected chi connectivity index (χ2v) is 3.69. The molecule has 2 fully saturated rings. The van der Waals surface area contributed by atoms with Gasteiger partial charge in [-0.15, -0.1) is 0 Å². The van der Waals surface area contributed by atoms with Crippen molar-refractivity contribution >= 4 is 5.97 Å². The average molecular weight is 140 g/mol. The van der Waals surface area contributed by atoms with Crippen LogP contribution in [-0.2, 0) is 9.53 Å². The molecule has 0 aromatic carbocycles. The van der Waals surface area contributed by atoms with E-state index in [4.69, 9.17) is 4.74 Å². The van der Waals surface area contributed by atoms with Crippen molar-refractivity contribution in [1.82, 2.24) is 0 Å². The maximum atomic E-state index is 11.2. The van der Waals surface area contributed by atoms with Crippen LogP contribution in [0.2, 0.25) is 0 Å². The smallest absolute Gasteiger partial charge is 0.312 e. The Morgan fingerprint density at radius 1 is 1.70 bits per heavy atom. The van der Waals surface area contributed by atoms with Gasteiger partial charge < -0.3 is 4.74 Å². The van der Waals surface area contributed by atoms with Crippen molar-refractivity contribution in [3.63, 3.8) is 0 Å². The van der Waals surface area contributed by atoms with Gasteiger partial charge in [0.2, 0.25) is 0 Å². The molecule has 56 valence electrons. The SMILES string of the molecule is CC(C)C12CC1COC2=O. The van der Waals surface area contributed by atoms with Crippen LogP contribution in [0, 0.1) is 17.3 Å². The van der Waals surface area contributed by atoms with Gasteiger partial charge in [0, 0.05) is 5.92 Å². The van der Waals surface area contributed by atoms with Gasteiger partial charge in [-0.05, 0) is 12.3 Å². The summed E-state index contributed by atoms with van der Waals surface area (Å²) in [5.41, 5.74) is -0.0417. The molecule has 0 radical (unpaired) electrons. The maximum Gasteiger partial charge on any atom is 0.312 e. The van der Waals surface area contributed by atoms with Gasteiger partial charge >= 0.3 is 5.97 Å². The number of rotatable bonds is 1. The zero-order chi connectivity index (χ0) is 7.35. The van der Waals surface area contributed by atoms with E-state index in [-0.39, 0.29) is 11.4 Å². The molecule has 1 saturated carbocycles. The first-order valence-electron chi connectivity index (χ1n) is 3.85. The zero-order valence-corrected chi connectivity index (χ0v) is 6.39. The number of ether oxygens (including phenoxy) is 1. The van der Waals surface area contributed by atoms with E-state index in [1.165, 1.54) is 0 Å². The molecule has 0 N–H and O–H groups in total. The van der Waals surface area contributed by atoms with Crippen molar-refractivity contribution in [2.45, 2.75) is 20.3 Å². The molecule has 2 rings (SSSR count). The summed E-state index contributed by atoms with van der Waals surface area (Å²) in [6.45, 7) is 4.89. The minimum Gasteiger partial charge on any atom is -0.465 e. The molecule has 1 aliphatic heterocycles. The van der Waals surface area contributed by atoms with Crippen molar-refractivity contribution < 1.29 is 9.53 Å². The zero-order valence-electron chi connectivity index (χ0n) is 6.39. The lowest BCUT2D eigenvalue weighted by molar-refractivity contribution is -0.146. The largest absolute Gasteiger partial charge is 0.465 e. The molecule has 2 aliphatic rings. The van der Waals surface area contributed by atoms with Crippen LogP contribution in [0.4, 0.5) is 0 Å². The summed E-state index contributed by atoms with van der Waals surface area (Å²) in [5, 5.41) is 0. The Bertz CT molecular complexity index is 182. The molecule has 1 heterocycles. The Morgan fingerprint density at radius 3 is 2.60 bits per heavy atom. The highest BCUT2D eigenvalue weighted by Crippen LogP contribution is 2.62. The molecule has 0 amide bonds. The van der Waals surface area contributed by atoms with Crippen LogP contribution in [0.25, 0.3) is 0 Å². The third-order valence-electron chi connectivity index (χ3n) is 2.98. The average Bonchev–Trinajstić information content (AvgIpc) is 2.52. The van der Waals surface area contributed by atoms with Crippen LogP contribution in [-0.4, -0.2) is 12.6 Å². The normalized spacial score (nSPS) is 43.5. The van der Waals surface area contributed by atoms with Crippen LogP contribution in [0.5, 0.6) is 0 Å². The van der Waals surface area contributed by atoms with E-state index >= 15 is 0 Å². The van der Waals surface area contributed by atoms with Gasteiger partial charge in [0.15, 0.2) is 0 Å². The van der Waals surface area contributed by atoms with Gasteiger partial charge in [0.1, 0.15) is 0 Å². The molecule has 1 aliphatic carbocycles. The van der Waals surface area contributed by atoms with Crippen molar-refractivity contribution in [1.29, 1.82) is 0 Å². The third-order valence-corrected chi connectivity index (χ3v) is 2.98. The summed E-state index contributed by atoms with van der Waals surface area (Å²) >= 11 is 0. The number of carbonyl (C=O) groups is 1. The summed E-state index contributed by atoms with van der Waals surface area (Å²) in [6, 6.07) is 0. The van der Waals surface area contributed by atoms with Crippen LogP contribution in [0.15, 0.2) is 0 Å². The minimum atomic E-state index is -0.0417. The van der Waals surface area contributed by atoms with E-state index in [0.29, 0.717) is 18.4 Å². The second-order valence-electron chi connectivity index (χ2n) is 3.69. The molecular formula is C8H12O2. The van der Waals surface area contributed by atoms with Crippen molar-refractivity contribution in [2.24, 2.45) is 17.3 Å². The van der Waals surface area contributed by atoms with E-state index in [1.54, 1.807) is 0 Å². The highest BCUT2D eigenvalue weighted by Gasteiger charge is 2.67. The number of hydrogen-bond acceptors (Lipinski definition) is 2. The number of fused-ring (bicyclic) bond motifs is 1. The van der Waals surface area contributed by atoms with E-state index in [0.717, 1.165) is 6.42 Å². The fraction of sp³-hybridized carbons (Fsp3) is 0.875.